The van der Waals surface area contributed by atoms with E-state index in [1.165, 1.54) is 0 Å². The Morgan fingerprint density at radius 3 is 1.08 bits per heavy atom. The summed E-state index contributed by atoms with van der Waals surface area (Å²) in [5, 5.41) is 6.94. The third kappa shape index (κ3) is 7.77. The van der Waals surface area contributed by atoms with Crippen molar-refractivity contribution < 1.29 is 19.2 Å². The molecule has 6 nitrogen and oxygen atoms in total. The van der Waals surface area contributed by atoms with Gasteiger partial charge in [-0.1, -0.05) is 96.1 Å². The van der Waals surface area contributed by atoms with Gasteiger partial charge in [0.15, 0.2) is 0 Å². The number of carbonyl (C=O) groups is 4. The summed E-state index contributed by atoms with van der Waals surface area (Å²) in [5.41, 5.74) is 8.79. The van der Waals surface area contributed by atoms with Crippen molar-refractivity contribution in [3.05, 3.63) is 163 Å². The first-order chi connectivity index (χ1) is 22.9. The number of aldehydes is 2. The van der Waals surface area contributed by atoms with Crippen molar-refractivity contribution in [3.8, 4) is 0 Å². The van der Waals surface area contributed by atoms with Gasteiger partial charge >= 0.3 is 0 Å². The summed E-state index contributed by atoms with van der Waals surface area (Å²) in [5.74, 6) is -0.603. The molecule has 0 unspecified atom stereocenters. The van der Waals surface area contributed by atoms with Crippen LogP contribution in [0.25, 0.3) is 0 Å². The lowest BCUT2D eigenvalue weighted by molar-refractivity contribution is -0.105. The normalized spacial score (nSPS) is 13.4. The zero-order chi connectivity index (χ0) is 35.1. The number of hydrogen-bond donors (Lipinski definition) is 2. The Morgan fingerprint density at radius 2 is 0.812 bits per heavy atom. The Labute approximate surface area is 284 Å². The van der Waals surface area contributed by atoms with E-state index in [0.717, 1.165) is 44.5 Å². The Balaban J connectivity index is 1.94. The molecule has 0 spiro atoms. The van der Waals surface area contributed by atoms with Crippen LogP contribution < -0.4 is 10.6 Å². The molecule has 4 aromatic rings. The molecule has 0 amide bonds. The van der Waals surface area contributed by atoms with Gasteiger partial charge in [-0.2, -0.15) is 0 Å². The highest BCUT2D eigenvalue weighted by atomic mass is 16.1. The number of Topliss-reactive ketones (excluding diaryl/α,β-unsaturated/α-hetero) is 2. The van der Waals surface area contributed by atoms with E-state index in [0.29, 0.717) is 23.7 Å². The molecule has 6 heteroatoms. The molecule has 0 aliphatic carbocycles. The maximum atomic E-state index is 14.4. The first kappa shape index (κ1) is 35.5. The van der Waals surface area contributed by atoms with Gasteiger partial charge < -0.3 is 10.6 Å². The Bertz CT molecular complexity index is 1730. The number of allylic oxidation sites excluding steroid dienone is 4. The van der Waals surface area contributed by atoms with Gasteiger partial charge in [0.1, 0.15) is 12.6 Å². The van der Waals surface area contributed by atoms with Crippen LogP contribution in [0.5, 0.6) is 0 Å². The van der Waals surface area contributed by atoms with Crippen LogP contribution >= 0.6 is 0 Å². The number of benzene rings is 4. The monoisotopic (exact) mass is 640 g/mol. The van der Waals surface area contributed by atoms with Crippen molar-refractivity contribution in [3.63, 3.8) is 0 Å². The molecule has 0 aliphatic heterocycles. The lowest BCUT2D eigenvalue weighted by Gasteiger charge is -2.33. The molecule has 0 aliphatic rings. The highest BCUT2D eigenvalue weighted by molar-refractivity contribution is 6.13. The Hall–Kier alpha value is -5.36. The summed E-state index contributed by atoms with van der Waals surface area (Å²) >= 11 is 0. The fraction of sp³-hybridized carbons (Fsp3) is 0.238. The van der Waals surface area contributed by atoms with Gasteiger partial charge in [0.25, 0.3) is 0 Å². The van der Waals surface area contributed by atoms with Gasteiger partial charge in [-0.3, -0.25) is 19.2 Å². The molecule has 0 radical (unpaired) electrons. The number of carbonyl (C=O) groups excluding carboxylic acids is 4. The number of ketones is 2. The molecule has 0 saturated carbocycles. The minimum atomic E-state index is -0.670. The van der Waals surface area contributed by atoms with Gasteiger partial charge in [0.2, 0.25) is 11.6 Å². The summed E-state index contributed by atoms with van der Waals surface area (Å²) < 4.78 is 0. The average Bonchev–Trinajstić information content (AvgIpc) is 3.05. The Morgan fingerprint density at radius 1 is 0.521 bits per heavy atom. The second-order valence-electron chi connectivity index (χ2n) is 12.6. The quantitative estimate of drug-likeness (QED) is 0.0870. The van der Waals surface area contributed by atoms with E-state index in [1.54, 1.807) is 13.8 Å². The highest BCUT2D eigenvalue weighted by Crippen LogP contribution is 2.34. The molecular weight excluding hydrogens is 596 g/mol. The zero-order valence-corrected chi connectivity index (χ0v) is 29.0. The second kappa shape index (κ2) is 15.5. The van der Waals surface area contributed by atoms with E-state index in [1.807, 2.05) is 126 Å². The highest BCUT2D eigenvalue weighted by Gasteiger charge is 2.32. The van der Waals surface area contributed by atoms with Gasteiger partial charge in [-0.15, -0.1) is 0 Å². The van der Waals surface area contributed by atoms with Crippen molar-refractivity contribution in [1.29, 1.82) is 0 Å². The number of aryl methyl sites for hydroxylation is 6. The van der Waals surface area contributed by atoms with Crippen LogP contribution in [0.15, 0.2) is 107 Å². The molecule has 246 valence electrons. The van der Waals surface area contributed by atoms with Gasteiger partial charge in [-0.05, 0) is 88.8 Å². The lowest BCUT2D eigenvalue weighted by atomic mass is 9.89. The van der Waals surface area contributed by atoms with Crippen LogP contribution in [0.2, 0.25) is 0 Å². The SMILES string of the molecule is CC(C=O)=C(N[C@H](c1ccccc1)[C@H](NC(C(=O)c1c(C)cc(C)cc1C)=C(C)C=O)c1ccccc1)C(=O)c1c(C)cc(C)cc1C. The molecule has 0 heterocycles. The minimum Gasteiger partial charge on any atom is -0.372 e. The molecule has 0 fully saturated rings. The van der Waals surface area contributed by atoms with Crippen LogP contribution in [0.4, 0.5) is 0 Å². The molecule has 4 rings (SSSR count). The molecule has 0 aromatic heterocycles. The summed E-state index contributed by atoms with van der Waals surface area (Å²) in [4.78, 5) is 53.5. The molecule has 2 atom stereocenters. The van der Waals surface area contributed by atoms with Gasteiger partial charge in [-0.25, -0.2) is 0 Å². The summed E-state index contributed by atoms with van der Waals surface area (Å²) in [6.07, 6.45) is 1.36. The van der Waals surface area contributed by atoms with E-state index < -0.39 is 12.1 Å². The fourth-order valence-corrected chi connectivity index (χ4v) is 6.51. The molecule has 2 N–H and O–H groups in total. The van der Waals surface area contributed by atoms with Crippen molar-refractivity contribution in [1.82, 2.24) is 10.6 Å². The minimum absolute atomic E-state index is 0.158. The van der Waals surface area contributed by atoms with Crippen LogP contribution in [0.1, 0.15) is 91.2 Å². The van der Waals surface area contributed by atoms with Crippen LogP contribution in [0, 0.1) is 41.5 Å². The van der Waals surface area contributed by atoms with Crippen LogP contribution in [0.3, 0.4) is 0 Å². The average molecular weight is 641 g/mol. The van der Waals surface area contributed by atoms with Crippen LogP contribution in [-0.2, 0) is 9.59 Å². The third-order valence-electron chi connectivity index (χ3n) is 8.65. The van der Waals surface area contributed by atoms with E-state index in [4.69, 9.17) is 0 Å². The van der Waals surface area contributed by atoms with Crippen molar-refractivity contribution in [2.75, 3.05) is 0 Å². The number of rotatable bonds is 13. The molecule has 48 heavy (non-hydrogen) atoms. The van der Waals surface area contributed by atoms with E-state index in [9.17, 15) is 19.2 Å². The van der Waals surface area contributed by atoms with Crippen molar-refractivity contribution >= 4 is 24.1 Å². The summed E-state index contributed by atoms with van der Waals surface area (Å²) in [7, 11) is 0. The van der Waals surface area contributed by atoms with E-state index in [2.05, 4.69) is 10.6 Å². The van der Waals surface area contributed by atoms with Gasteiger partial charge in [0, 0.05) is 22.3 Å². The molecule has 0 bridgehead atoms. The maximum absolute atomic E-state index is 14.4. The Kier molecular flexibility index (Phi) is 11.5. The van der Waals surface area contributed by atoms with E-state index in [-0.39, 0.29) is 34.1 Å². The van der Waals surface area contributed by atoms with Crippen LogP contribution in [-0.4, -0.2) is 24.1 Å². The second-order valence-corrected chi connectivity index (χ2v) is 12.6. The first-order valence-corrected chi connectivity index (χ1v) is 16.1. The van der Waals surface area contributed by atoms with Gasteiger partial charge in [0.05, 0.1) is 23.5 Å². The predicted molar refractivity (Wildman–Crippen MR) is 192 cm³/mol. The first-order valence-electron chi connectivity index (χ1n) is 16.1. The molecule has 4 aromatic carbocycles. The predicted octanol–water partition coefficient (Wildman–Crippen LogP) is 8.21. The number of hydrogen-bond acceptors (Lipinski definition) is 6. The maximum Gasteiger partial charge on any atom is 0.209 e. The standard InChI is InChI=1S/C42H44N2O4/c1-25-19-27(3)35(28(4)20-25)41(47)37(31(7)23-45)43-39(33-15-11-9-12-16-33)40(34-17-13-10-14-18-34)44-38(32(8)24-46)42(48)36-29(5)21-26(2)22-30(36)6/h9-24,39-40,43-44H,1-8H3/t39-,40-/m1/s1. The molecular formula is C42H44N2O4. The third-order valence-corrected chi connectivity index (χ3v) is 8.65. The zero-order valence-electron chi connectivity index (χ0n) is 29.0. The van der Waals surface area contributed by atoms with E-state index >= 15 is 0 Å². The summed E-state index contributed by atoms with van der Waals surface area (Å²) in [6.45, 7) is 14.8. The molecule has 0 saturated heterocycles. The number of nitrogens with one attached hydrogen (secondary N) is 2. The fourth-order valence-electron chi connectivity index (χ4n) is 6.51. The van der Waals surface area contributed by atoms with Crippen molar-refractivity contribution in [2.45, 2.75) is 67.5 Å². The van der Waals surface area contributed by atoms with Crippen molar-refractivity contribution in [2.24, 2.45) is 0 Å². The smallest absolute Gasteiger partial charge is 0.209 e. The lowest BCUT2D eigenvalue weighted by Crippen LogP contribution is -2.39. The largest absolute Gasteiger partial charge is 0.372 e. The summed E-state index contributed by atoms with van der Waals surface area (Å²) in [6, 6.07) is 25.6. The topological polar surface area (TPSA) is 92.3 Å².